The Hall–Kier alpha value is -0.940. The number of rotatable bonds is 6. The monoisotopic (exact) mass is 325 g/mol. The number of anilines is 1. The predicted molar refractivity (Wildman–Crippen MR) is 81.1 cm³/mol. The molecule has 0 aliphatic heterocycles. The highest BCUT2D eigenvalue weighted by atomic mass is 79.9. The minimum atomic E-state index is 0.716. The van der Waals surface area contributed by atoms with Crippen molar-refractivity contribution in [3.8, 4) is 10.6 Å². The lowest BCUT2D eigenvalue weighted by Crippen LogP contribution is -2.05. The van der Waals surface area contributed by atoms with Gasteiger partial charge in [-0.15, -0.1) is 11.3 Å². The topological polar surface area (TPSA) is 37.8 Å². The van der Waals surface area contributed by atoms with Gasteiger partial charge < -0.3 is 5.32 Å². The molecule has 0 aliphatic carbocycles. The van der Waals surface area contributed by atoms with E-state index in [0.29, 0.717) is 5.95 Å². The summed E-state index contributed by atoms with van der Waals surface area (Å²) < 4.78 is 1.12. The third-order valence-corrected chi connectivity index (χ3v) is 4.19. The van der Waals surface area contributed by atoms with Gasteiger partial charge in [0.15, 0.2) is 0 Å². The molecule has 3 nitrogen and oxygen atoms in total. The molecule has 0 unspecified atom stereocenters. The maximum absolute atomic E-state index is 4.52. The van der Waals surface area contributed by atoms with Crippen molar-refractivity contribution in [2.45, 2.75) is 26.2 Å². The molecule has 2 rings (SSSR count). The molecule has 2 aromatic rings. The highest BCUT2D eigenvalue weighted by molar-refractivity contribution is 9.11. The number of thiophene rings is 1. The summed E-state index contributed by atoms with van der Waals surface area (Å²) in [6.07, 6.45) is 5.43. The van der Waals surface area contributed by atoms with Gasteiger partial charge in [0.25, 0.3) is 0 Å². The molecule has 0 aromatic carbocycles. The van der Waals surface area contributed by atoms with Crippen molar-refractivity contribution in [1.82, 2.24) is 9.97 Å². The smallest absolute Gasteiger partial charge is 0.223 e. The van der Waals surface area contributed by atoms with E-state index in [-0.39, 0.29) is 0 Å². The SMILES string of the molecule is CCCCCNc1nccc(-c2ccc(Br)s2)n1. The van der Waals surface area contributed by atoms with Crippen LogP contribution in [-0.4, -0.2) is 16.5 Å². The van der Waals surface area contributed by atoms with Gasteiger partial charge in [0.1, 0.15) is 0 Å². The van der Waals surface area contributed by atoms with E-state index in [9.17, 15) is 0 Å². The zero-order valence-electron chi connectivity index (χ0n) is 10.3. The second-order valence-corrected chi connectivity index (χ2v) is 6.47. The molecule has 5 heteroatoms. The van der Waals surface area contributed by atoms with Crippen molar-refractivity contribution >= 4 is 33.2 Å². The first-order chi connectivity index (χ1) is 8.79. The Labute approximate surface area is 120 Å². The molecule has 0 saturated carbocycles. The second kappa shape index (κ2) is 6.85. The Morgan fingerprint density at radius 2 is 2.17 bits per heavy atom. The summed E-state index contributed by atoms with van der Waals surface area (Å²) in [6.45, 7) is 3.14. The highest BCUT2D eigenvalue weighted by Gasteiger charge is 2.04. The fraction of sp³-hybridized carbons (Fsp3) is 0.385. The van der Waals surface area contributed by atoms with Crippen molar-refractivity contribution in [1.29, 1.82) is 0 Å². The molecule has 1 N–H and O–H groups in total. The van der Waals surface area contributed by atoms with Gasteiger partial charge in [0.05, 0.1) is 14.4 Å². The molecular formula is C13H16BrN3S. The quantitative estimate of drug-likeness (QED) is 0.790. The first-order valence-corrected chi connectivity index (χ1v) is 7.73. The summed E-state index contributed by atoms with van der Waals surface area (Å²) in [5, 5.41) is 3.27. The summed E-state index contributed by atoms with van der Waals surface area (Å²) in [5.74, 6) is 0.716. The van der Waals surface area contributed by atoms with Gasteiger partial charge in [-0.05, 0) is 40.5 Å². The molecular weight excluding hydrogens is 310 g/mol. The van der Waals surface area contributed by atoms with E-state index in [1.54, 1.807) is 17.5 Å². The number of halogens is 1. The molecule has 0 atom stereocenters. The van der Waals surface area contributed by atoms with E-state index in [1.807, 2.05) is 12.1 Å². The summed E-state index contributed by atoms with van der Waals surface area (Å²) >= 11 is 5.15. The van der Waals surface area contributed by atoms with Crippen LogP contribution in [0.1, 0.15) is 26.2 Å². The number of unbranched alkanes of at least 4 members (excludes halogenated alkanes) is 2. The van der Waals surface area contributed by atoms with Crippen molar-refractivity contribution in [3.05, 3.63) is 28.2 Å². The van der Waals surface area contributed by atoms with Gasteiger partial charge in [0.2, 0.25) is 5.95 Å². The van der Waals surface area contributed by atoms with E-state index in [1.165, 1.54) is 12.8 Å². The van der Waals surface area contributed by atoms with Crippen LogP contribution in [0.5, 0.6) is 0 Å². The fourth-order valence-electron chi connectivity index (χ4n) is 1.61. The van der Waals surface area contributed by atoms with Crippen molar-refractivity contribution in [3.63, 3.8) is 0 Å². The van der Waals surface area contributed by atoms with Crippen molar-refractivity contribution in [2.24, 2.45) is 0 Å². The van der Waals surface area contributed by atoms with Crippen molar-refractivity contribution < 1.29 is 0 Å². The molecule has 96 valence electrons. The van der Waals surface area contributed by atoms with Crippen LogP contribution in [0.25, 0.3) is 10.6 Å². The lowest BCUT2D eigenvalue weighted by molar-refractivity contribution is 0.740. The molecule has 0 bridgehead atoms. The molecule has 0 aliphatic rings. The van der Waals surface area contributed by atoms with Gasteiger partial charge in [-0.2, -0.15) is 0 Å². The van der Waals surface area contributed by atoms with Gasteiger partial charge in [-0.1, -0.05) is 19.8 Å². The number of nitrogens with one attached hydrogen (secondary N) is 1. The lowest BCUT2D eigenvalue weighted by atomic mass is 10.2. The van der Waals surface area contributed by atoms with Gasteiger partial charge in [-0.3, -0.25) is 0 Å². The summed E-state index contributed by atoms with van der Waals surface area (Å²) in [7, 11) is 0. The van der Waals surface area contributed by atoms with Gasteiger partial charge in [0, 0.05) is 12.7 Å². The molecule has 0 radical (unpaired) electrons. The van der Waals surface area contributed by atoms with Crippen LogP contribution in [0.3, 0.4) is 0 Å². The third kappa shape index (κ3) is 3.78. The highest BCUT2D eigenvalue weighted by Crippen LogP contribution is 2.30. The average molecular weight is 326 g/mol. The van der Waals surface area contributed by atoms with Gasteiger partial charge in [-0.25, -0.2) is 9.97 Å². The lowest BCUT2D eigenvalue weighted by Gasteiger charge is -2.05. The minimum absolute atomic E-state index is 0.716. The van der Waals surface area contributed by atoms with Gasteiger partial charge >= 0.3 is 0 Å². The zero-order valence-corrected chi connectivity index (χ0v) is 12.7. The average Bonchev–Trinajstić information content (AvgIpc) is 2.82. The maximum Gasteiger partial charge on any atom is 0.223 e. The molecule has 18 heavy (non-hydrogen) atoms. The first-order valence-electron chi connectivity index (χ1n) is 6.12. The summed E-state index contributed by atoms with van der Waals surface area (Å²) in [5.41, 5.74) is 0.971. The van der Waals surface area contributed by atoms with Crippen LogP contribution < -0.4 is 5.32 Å². The van der Waals surface area contributed by atoms with E-state index >= 15 is 0 Å². The van der Waals surface area contributed by atoms with Crippen LogP contribution in [-0.2, 0) is 0 Å². The molecule has 2 heterocycles. The third-order valence-electron chi connectivity index (χ3n) is 2.54. The van der Waals surface area contributed by atoms with Crippen LogP contribution in [0.15, 0.2) is 28.2 Å². The van der Waals surface area contributed by atoms with Crippen molar-refractivity contribution in [2.75, 3.05) is 11.9 Å². The van der Waals surface area contributed by atoms with Crippen LogP contribution in [0.4, 0.5) is 5.95 Å². The fourth-order valence-corrected chi connectivity index (χ4v) is 2.96. The molecule has 0 fully saturated rings. The van der Waals surface area contributed by atoms with E-state index in [0.717, 1.165) is 27.3 Å². The van der Waals surface area contributed by atoms with E-state index in [2.05, 4.69) is 44.2 Å². The predicted octanol–water partition coefficient (Wildman–Crippen LogP) is 4.57. The molecule has 0 saturated heterocycles. The Balaban J connectivity index is 2.01. The number of aromatic nitrogens is 2. The second-order valence-electron chi connectivity index (χ2n) is 4.00. The van der Waals surface area contributed by atoms with Crippen LogP contribution in [0.2, 0.25) is 0 Å². The molecule has 2 aromatic heterocycles. The normalized spacial score (nSPS) is 10.6. The Bertz CT molecular complexity index is 498. The summed E-state index contributed by atoms with van der Waals surface area (Å²) in [6, 6.07) is 6.05. The number of hydrogen-bond acceptors (Lipinski definition) is 4. The first kappa shape index (κ1) is 13.5. The Morgan fingerprint density at radius 3 is 2.89 bits per heavy atom. The van der Waals surface area contributed by atoms with E-state index in [4.69, 9.17) is 0 Å². The maximum atomic E-state index is 4.52. The number of hydrogen-bond donors (Lipinski definition) is 1. The Kier molecular flexibility index (Phi) is 5.13. The summed E-state index contributed by atoms with van der Waals surface area (Å²) in [4.78, 5) is 9.91. The largest absolute Gasteiger partial charge is 0.354 e. The van der Waals surface area contributed by atoms with Crippen LogP contribution in [0, 0.1) is 0 Å². The van der Waals surface area contributed by atoms with E-state index < -0.39 is 0 Å². The molecule has 0 amide bonds. The standard InChI is InChI=1S/C13H16BrN3S/c1-2-3-4-8-15-13-16-9-7-10(17-13)11-5-6-12(14)18-11/h5-7,9H,2-4,8H2,1H3,(H,15,16,17). The zero-order chi connectivity index (χ0) is 12.8. The molecule has 0 spiro atoms. The minimum Gasteiger partial charge on any atom is -0.354 e. The van der Waals surface area contributed by atoms with Crippen LogP contribution >= 0.6 is 27.3 Å². The number of nitrogens with zero attached hydrogens (tertiary/aromatic N) is 2. The Morgan fingerprint density at radius 1 is 1.28 bits per heavy atom.